The van der Waals surface area contributed by atoms with Gasteiger partial charge in [-0.2, -0.15) is 0 Å². The lowest BCUT2D eigenvalue weighted by molar-refractivity contribution is 0.0580. The molecule has 5 nitrogen and oxygen atoms in total. The van der Waals surface area contributed by atoms with E-state index in [9.17, 15) is 9.18 Å². The summed E-state index contributed by atoms with van der Waals surface area (Å²) in [6, 6.07) is 14.2. The summed E-state index contributed by atoms with van der Waals surface area (Å²) in [5.74, 6) is -0.319. The number of hydrogen-bond acceptors (Lipinski definition) is 3. The first-order valence-electron chi connectivity index (χ1n) is 9.81. The second-order valence-corrected chi connectivity index (χ2v) is 8.53. The fraction of sp³-hybridized carbons (Fsp3) is 0.391. The summed E-state index contributed by atoms with van der Waals surface area (Å²) >= 11 is 0. The van der Waals surface area contributed by atoms with Crippen molar-refractivity contribution in [1.82, 2.24) is 10.2 Å². The average Bonchev–Trinajstić information content (AvgIpc) is 3.09. The monoisotopic (exact) mass is 397 g/mol. The van der Waals surface area contributed by atoms with E-state index in [1.807, 2.05) is 58.0 Å². The van der Waals surface area contributed by atoms with Crippen LogP contribution in [0, 0.1) is 12.7 Å². The SMILES string of the molecule is Cc1ccc(C2=NO[C@@H](CN(Cc3cccc(F)c3)C(=O)NC(C)(C)C)C2)cc1. The zero-order chi connectivity index (χ0) is 21.0. The molecule has 2 aromatic rings. The van der Waals surface area contributed by atoms with Crippen LogP contribution >= 0.6 is 0 Å². The molecule has 0 radical (unpaired) electrons. The molecular formula is C23H28FN3O2. The van der Waals surface area contributed by atoms with Crippen molar-refractivity contribution in [3.8, 4) is 0 Å². The van der Waals surface area contributed by atoms with Crippen molar-refractivity contribution in [3.63, 3.8) is 0 Å². The second kappa shape index (κ2) is 8.64. The van der Waals surface area contributed by atoms with E-state index in [1.54, 1.807) is 11.0 Å². The second-order valence-electron chi connectivity index (χ2n) is 8.53. The third-order valence-corrected chi connectivity index (χ3v) is 4.57. The van der Waals surface area contributed by atoms with Crippen LogP contribution < -0.4 is 5.32 Å². The van der Waals surface area contributed by atoms with Gasteiger partial charge in [0.15, 0.2) is 6.10 Å². The molecule has 29 heavy (non-hydrogen) atoms. The summed E-state index contributed by atoms with van der Waals surface area (Å²) in [6.45, 7) is 8.47. The fourth-order valence-corrected chi connectivity index (χ4v) is 3.16. The molecule has 0 saturated heterocycles. The molecule has 2 aromatic carbocycles. The first-order chi connectivity index (χ1) is 13.7. The Balaban J connectivity index is 1.69. The summed E-state index contributed by atoms with van der Waals surface area (Å²) in [7, 11) is 0. The normalized spacial score (nSPS) is 16.2. The Labute approximate surface area is 171 Å². The lowest BCUT2D eigenvalue weighted by Crippen LogP contribution is -2.50. The van der Waals surface area contributed by atoms with Gasteiger partial charge < -0.3 is 15.1 Å². The number of urea groups is 1. The van der Waals surface area contributed by atoms with Gasteiger partial charge in [-0.05, 0) is 51.0 Å². The molecule has 1 N–H and O–H groups in total. The largest absolute Gasteiger partial charge is 0.390 e. The topological polar surface area (TPSA) is 53.9 Å². The summed E-state index contributed by atoms with van der Waals surface area (Å²) in [5.41, 5.74) is 3.43. The molecule has 0 saturated carbocycles. The number of amides is 2. The highest BCUT2D eigenvalue weighted by atomic mass is 19.1. The number of oxime groups is 1. The number of benzene rings is 2. The summed E-state index contributed by atoms with van der Waals surface area (Å²) in [5, 5.41) is 7.20. The van der Waals surface area contributed by atoms with Crippen LogP contribution in [0.5, 0.6) is 0 Å². The van der Waals surface area contributed by atoms with Gasteiger partial charge in [0.05, 0.1) is 12.3 Å². The number of aryl methyl sites for hydroxylation is 1. The number of carbonyl (C=O) groups excluding carboxylic acids is 1. The van der Waals surface area contributed by atoms with Crippen LogP contribution in [-0.2, 0) is 11.4 Å². The van der Waals surface area contributed by atoms with Crippen LogP contribution in [0.2, 0.25) is 0 Å². The highest BCUT2D eigenvalue weighted by molar-refractivity contribution is 6.01. The molecule has 1 heterocycles. The van der Waals surface area contributed by atoms with Gasteiger partial charge in [-0.1, -0.05) is 47.1 Å². The van der Waals surface area contributed by atoms with E-state index in [0.717, 1.165) is 16.8 Å². The van der Waals surface area contributed by atoms with Gasteiger partial charge in [0.25, 0.3) is 0 Å². The first kappa shape index (κ1) is 20.8. The maximum absolute atomic E-state index is 13.6. The molecular weight excluding hydrogens is 369 g/mol. The summed E-state index contributed by atoms with van der Waals surface area (Å²) in [4.78, 5) is 20.1. The predicted molar refractivity (Wildman–Crippen MR) is 112 cm³/mol. The van der Waals surface area contributed by atoms with Crippen molar-refractivity contribution < 1.29 is 14.0 Å². The average molecular weight is 397 g/mol. The highest BCUT2D eigenvalue weighted by Gasteiger charge is 2.28. The summed E-state index contributed by atoms with van der Waals surface area (Å²) < 4.78 is 13.6. The Morgan fingerprint density at radius 3 is 2.62 bits per heavy atom. The first-order valence-corrected chi connectivity index (χ1v) is 9.81. The van der Waals surface area contributed by atoms with Crippen LogP contribution in [0.1, 0.15) is 43.9 Å². The van der Waals surface area contributed by atoms with Gasteiger partial charge in [-0.3, -0.25) is 0 Å². The fourth-order valence-electron chi connectivity index (χ4n) is 3.16. The minimum Gasteiger partial charge on any atom is -0.390 e. The number of halogens is 1. The standard InChI is InChI=1S/C23H28FN3O2/c1-16-8-10-18(11-9-16)21-13-20(29-26-21)15-27(22(28)25-23(2,3)4)14-17-6-5-7-19(24)12-17/h5-12,20H,13-15H2,1-4H3,(H,25,28)/t20-/m1/s1. The van der Waals surface area contributed by atoms with Crippen molar-refractivity contribution in [2.24, 2.45) is 5.16 Å². The Morgan fingerprint density at radius 1 is 1.24 bits per heavy atom. The smallest absolute Gasteiger partial charge is 0.318 e. The molecule has 6 heteroatoms. The van der Waals surface area contributed by atoms with Gasteiger partial charge in [-0.15, -0.1) is 0 Å². The maximum Gasteiger partial charge on any atom is 0.318 e. The Morgan fingerprint density at radius 2 is 1.97 bits per heavy atom. The zero-order valence-corrected chi connectivity index (χ0v) is 17.4. The lowest BCUT2D eigenvalue weighted by Gasteiger charge is -2.29. The Hall–Kier alpha value is -2.89. The van der Waals surface area contributed by atoms with E-state index in [2.05, 4.69) is 10.5 Å². The van der Waals surface area contributed by atoms with E-state index in [1.165, 1.54) is 17.7 Å². The van der Waals surface area contributed by atoms with Gasteiger partial charge >= 0.3 is 6.03 Å². The zero-order valence-electron chi connectivity index (χ0n) is 17.4. The van der Waals surface area contributed by atoms with Crippen LogP contribution in [0.3, 0.4) is 0 Å². The van der Waals surface area contributed by atoms with Crippen molar-refractivity contribution in [3.05, 3.63) is 71.0 Å². The van der Waals surface area contributed by atoms with Crippen LogP contribution in [0.4, 0.5) is 9.18 Å². The molecule has 0 fully saturated rings. The highest BCUT2D eigenvalue weighted by Crippen LogP contribution is 2.19. The Bertz CT molecular complexity index is 888. The minimum absolute atomic E-state index is 0.214. The molecule has 2 amide bonds. The van der Waals surface area contributed by atoms with Crippen LogP contribution in [0.25, 0.3) is 0 Å². The number of nitrogens with one attached hydrogen (secondary N) is 1. The molecule has 1 aliphatic rings. The van der Waals surface area contributed by atoms with E-state index < -0.39 is 0 Å². The van der Waals surface area contributed by atoms with Gasteiger partial charge in [0.1, 0.15) is 5.82 Å². The molecule has 0 aromatic heterocycles. The van der Waals surface area contributed by atoms with Crippen molar-refractivity contribution in [1.29, 1.82) is 0 Å². The third kappa shape index (κ3) is 6.04. The molecule has 3 rings (SSSR count). The van der Waals surface area contributed by atoms with Crippen molar-refractivity contribution in [2.75, 3.05) is 6.54 Å². The van der Waals surface area contributed by atoms with Crippen LogP contribution in [-0.4, -0.2) is 34.8 Å². The predicted octanol–water partition coefficient (Wildman–Crippen LogP) is 4.64. The Kier molecular flexibility index (Phi) is 6.20. The molecule has 0 unspecified atom stereocenters. The maximum atomic E-state index is 13.6. The number of hydrogen-bond donors (Lipinski definition) is 1. The molecule has 0 spiro atoms. The molecule has 154 valence electrons. The molecule has 1 aliphatic heterocycles. The third-order valence-electron chi connectivity index (χ3n) is 4.57. The quantitative estimate of drug-likeness (QED) is 0.799. The van der Waals surface area contributed by atoms with Gasteiger partial charge in [0, 0.05) is 18.5 Å². The van der Waals surface area contributed by atoms with Gasteiger partial charge in [-0.25, -0.2) is 9.18 Å². The summed E-state index contributed by atoms with van der Waals surface area (Å²) in [6.07, 6.45) is 0.372. The van der Waals surface area contributed by atoms with Gasteiger partial charge in [0.2, 0.25) is 0 Å². The van der Waals surface area contributed by atoms with E-state index in [-0.39, 0.29) is 23.5 Å². The number of carbonyl (C=O) groups is 1. The minimum atomic E-state index is -0.378. The molecule has 0 bridgehead atoms. The molecule has 1 atom stereocenters. The lowest BCUT2D eigenvalue weighted by atomic mass is 10.0. The van der Waals surface area contributed by atoms with Crippen molar-refractivity contribution >= 4 is 11.7 Å². The van der Waals surface area contributed by atoms with E-state index in [0.29, 0.717) is 19.5 Å². The van der Waals surface area contributed by atoms with Crippen molar-refractivity contribution in [2.45, 2.75) is 52.3 Å². The van der Waals surface area contributed by atoms with E-state index >= 15 is 0 Å². The number of rotatable bonds is 5. The van der Waals surface area contributed by atoms with E-state index in [4.69, 9.17) is 4.84 Å². The molecule has 0 aliphatic carbocycles. The van der Waals surface area contributed by atoms with Crippen LogP contribution in [0.15, 0.2) is 53.7 Å². The number of nitrogens with zero attached hydrogens (tertiary/aromatic N) is 2.